The van der Waals surface area contributed by atoms with Crippen LogP contribution in [0.4, 0.5) is 0 Å². The van der Waals surface area contributed by atoms with E-state index in [1.165, 1.54) is 6.08 Å². The van der Waals surface area contributed by atoms with Crippen molar-refractivity contribution in [2.75, 3.05) is 0 Å². The van der Waals surface area contributed by atoms with E-state index in [4.69, 9.17) is 11.0 Å². The number of amides is 1. The van der Waals surface area contributed by atoms with Crippen LogP contribution in [-0.4, -0.2) is 10.9 Å². The van der Waals surface area contributed by atoms with Crippen molar-refractivity contribution in [1.29, 1.82) is 5.26 Å². The summed E-state index contributed by atoms with van der Waals surface area (Å²) in [4.78, 5) is 15.2. The van der Waals surface area contributed by atoms with Gasteiger partial charge in [0.1, 0.15) is 11.6 Å². The van der Waals surface area contributed by atoms with Crippen LogP contribution in [0, 0.1) is 11.3 Å². The van der Waals surface area contributed by atoms with Gasteiger partial charge in [0.25, 0.3) is 5.91 Å². The van der Waals surface area contributed by atoms with Crippen LogP contribution in [0.3, 0.4) is 0 Å². The second kappa shape index (κ2) is 4.45. The number of pyridine rings is 1. The molecule has 1 aromatic heterocycles. The number of hydrogen-bond acceptors (Lipinski definition) is 3. The Morgan fingerprint density at radius 2 is 2.12 bits per heavy atom. The van der Waals surface area contributed by atoms with Crippen molar-refractivity contribution in [1.82, 2.24) is 4.98 Å². The van der Waals surface area contributed by atoms with Gasteiger partial charge in [-0.3, -0.25) is 9.78 Å². The normalized spacial score (nSPS) is 11.1. The zero-order valence-electron chi connectivity index (χ0n) is 8.92. The molecule has 0 saturated carbocycles. The van der Waals surface area contributed by atoms with Gasteiger partial charge in [-0.05, 0) is 23.8 Å². The lowest BCUT2D eigenvalue weighted by Crippen LogP contribution is -2.12. The minimum Gasteiger partial charge on any atom is -0.365 e. The Morgan fingerprint density at radius 1 is 1.35 bits per heavy atom. The van der Waals surface area contributed by atoms with E-state index >= 15 is 0 Å². The molecule has 0 saturated heterocycles. The maximum absolute atomic E-state index is 11.0. The SMILES string of the molecule is N#C/C(=C\c1ccnc2ccccc12)C(N)=O. The molecule has 0 atom stereocenters. The number of carbonyl (C=O) groups is 1. The molecule has 1 aromatic carbocycles. The molecule has 0 aliphatic heterocycles. The van der Waals surface area contributed by atoms with Crippen LogP contribution in [0.15, 0.2) is 42.1 Å². The number of carbonyl (C=O) groups excluding carboxylic acids is 1. The monoisotopic (exact) mass is 223 g/mol. The van der Waals surface area contributed by atoms with E-state index in [-0.39, 0.29) is 5.57 Å². The van der Waals surface area contributed by atoms with Crippen LogP contribution >= 0.6 is 0 Å². The maximum atomic E-state index is 11.0. The number of para-hydroxylation sites is 1. The van der Waals surface area contributed by atoms with Crippen LogP contribution in [0.1, 0.15) is 5.56 Å². The summed E-state index contributed by atoms with van der Waals surface area (Å²) >= 11 is 0. The Kier molecular flexibility index (Phi) is 2.84. The molecule has 0 aliphatic carbocycles. The summed E-state index contributed by atoms with van der Waals surface area (Å²) in [5.74, 6) is -0.728. The predicted octanol–water partition coefficient (Wildman–Crippen LogP) is 1.63. The number of fused-ring (bicyclic) bond motifs is 1. The molecule has 0 spiro atoms. The van der Waals surface area contributed by atoms with Crippen molar-refractivity contribution in [3.05, 3.63) is 47.7 Å². The quantitative estimate of drug-likeness (QED) is 0.620. The lowest BCUT2D eigenvalue weighted by molar-refractivity contribution is -0.114. The fourth-order valence-electron chi connectivity index (χ4n) is 1.56. The number of primary amides is 1. The molecule has 2 N–H and O–H groups in total. The molecule has 82 valence electrons. The van der Waals surface area contributed by atoms with Gasteiger partial charge in [0.05, 0.1) is 5.52 Å². The van der Waals surface area contributed by atoms with E-state index in [9.17, 15) is 4.79 Å². The van der Waals surface area contributed by atoms with Crippen molar-refractivity contribution in [3.8, 4) is 6.07 Å². The summed E-state index contributed by atoms with van der Waals surface area (Å²) in [6.07, 6.45) is 3.11. The summed E-state index contributed by atoms with van der Waals surface area (Å²) in [6, 6.07) is 11.0. The van der Waals surface area contributed by atoms with E-state index in [0.29, 0.717) is 0 Å². The zero-order valence-corrected chi connectivity index (χ0v) is 8.92. The highest BCUT2D eigenvalue weighted by atomic mass is 16.1. The first-order chi connectivity index (χ1) is 8.22. The van der Waals surface area contributed by atoms with Crippen LogP contribution in [-0.2, 0) is 4.79 Å². The van der Waals surface area contributed by atoms with Gasteiger partial charge < -0.3 is 5.73 Å². The van der Waals surface area contributed by atoms with Gasteiger partial charge in [-0.25, -0.2) is 0 Å². The van der Waals surface area contributed by atoms with Crippen LogP contribution in [0.2, 0.25) is 0 Å². The highest BCUT2D eigenvalue weighted by molar-refractivity contribution is 6.02. The molecule has 0 aliphatic rings. The van der Waals surface area contributed by atoms with Gasteiger partial charge in [-0.2, -0.15) is 5.26 Å². The number of hydrogen-bond donors (Lipinski definition) is 1. The number of nitriles is 1. The van der Waals surface area contributed by atoms with E-state index < -0.39 is 5.91 Å². The lowest BCUT2D eigenvalue weighted by Gasteiger charge is -2.01. The number of benzene rings is 1. The number of rotatable bonds is 2. The molecule has 4 heteroatoms. The third-order valence-electron chi connectivity index (χ3n) is 2.37. The first kappa shape index (κ1) is 10.8. The van der Waals surface area contributed by atoms with Crippen molar-refractivity contribution in [3.63, 3.8) is 0 Å². The van der Waals surface area contributed by atoms with E-state index in [1.807, 2.05) is 24.3 Å². The maximum Gasteiger partial charge on any atom is 0.259 e. The third-order valence-corrected chi connectivity index (χ3v) is 2.37. The topological polar surface area (TPSA) is 79.8 Å². The van der Waals surface area contributed by atoms with Gasteiger partial charge in [-0.15, -0.1) is 0 Å². The average molecular weight is 223 g/mol. The summed E-state index contributed by atoms with van der Waals surface area (Å²) < 4.78 is 0. The van der Waals surface area contributed by atoms with E-state index in [1.54, 1.807) is 18.3 Å². The molecular formula is C13H9N3O. The highest BCUT2D eigenvalue weighted by Crippen LogP contribution is 2.18. The summed E-state index contributed by atoms with van der Waals surface area (Å²) in [6.45, 7) is 0. The van der Waals surface area contributed by atoms with Crippen LogP contribution in [0.5, 0.6) is 0 Å². The third kappa shape index (κ3) is 2.13. The van der Waals surface area contributed by atoms with Crippen molar-refractivity contribution < 1.29 is 4.79 Å². The summed E-state index contributed by atoms with van der Waals surface area (Å²) in [5.41, 5.74) is 6.59. The number of nitrogens with zero attached hydrogens (tertiary/aromatic N) is 2. The van der Waals surface area contributed by atoms with Crippen molar-refractivity contribution >= 4 is 22.9 Å². The van der Waals surface area contributed by atoms with Gasteiger partial charge in [-0.1, -0.05) is 18.2 Å². The van der Waals surface area contributed by atoms with E-state index in [0.717, 1.165) is 16.5 Å². The van der Waals surface area contributed by atoms with Crippen molar-refractivity contribution in [2.45, 2.75) is 0 Å². The second-order valence-corrected chi connectivity index (χ2v) is 3.45. The summed E-state index contributed by atoms with van der Waals surface area (Å²) in [7, 11) is 0. The molecule has 2 rings (SSSR count). The van der Waals surface area contributed by atoms with Gasteiger partial charge >= 0.3 is 0 Å². The highest BCUT2D eigenvalue weighted by Gasteiger charge is 2.05. The fraction of sp³-hybridized carbons (Fsp3) is 0. The van der Waals surface area contributed by atoms with Gasteiger partial charge in [0.2, 0.25) is 0 Å². The molecule has 0 unspecified atom stereocenters. The van der Waals surface area contributed by atoms with Gasteiger partial charge in [0.15, 0.2) is 0 Å². The zero-order chi connectivity index (χ0) is 12.3. The van der Waals surface area contributed by atoms with Crippen LogP contribution in [0.25, 0.3) is 17.0 Å². The molecule has 17 heavy (non-hydrogen) atoms. The summed E-state index contributed by atoms with van der Waals surface area (Å²) in [5, 5.41) is 9.67. The molecule has 0 radical (unpaired) electrons. The number of nitrogens with two attached hydrogens (primary N) is 1. The first-order valence-corrected chi connectivity index (χ1v) is 4.97. The van der Waals surface area contributed by atoms with Gasteiger partial charge in [0, 0.05) is 11.6 Å². The molecule has 4 nitrogen and oxygen atoms in total. The Balaban J connectivity index is 2.65. The molecule has 1 heterocycles. The molecular weight excluding hydrogens is 214 g/mol. The Bertz CT molecular complexity index is 648. The Morgan fingerprint density at radius 3 is 2.82 bits per heavy atom. The smallest absolute Gasteiger partial charge is 0.259 e. The molecule has 0 fully saturated rings. The lowest BCUT2D eigenvalue weighted by atomic mass is 10.1. The minimum atomic E-state index is -0.728. The minimum absolute atomic E-state index is 0.0682. The molecule has 2 aromatic rings. The standard InChI is InChI=1S/C13H9N3O/c14-8-10(13(15)17)7-9-5-6-16-12-4-2-1-3-11(9)12/h1-7H,(H2,15,17)/b10-7+. The largest absolute Gasteiger partial charge is 0.365 e. The average Bonchev–Trinajstić information content (AvgIpc) is 2.35. The predicted molar refractivity (Wildman–Crippen MR) is 64.5 cm³/mol. The fourth-order valence-corrected chi connectivity index (χ4v) is 1.56. The first-order valence-electron chi connectivity index (χ1n) is 4.97. The second-order valence-electron chi connectivity index (χ2n) is 3.45. The Labute approximate surface area is 98.0 Å². The number of aromatic nitrogens is 1. The Hall–Kier alpha value is -2.67. The molecule has 1 amide bonds. The van der Waals surface area contributed by atoms with E-state index in [2.05, 4.69) is 4.98 Å². The van der Waals surface area contributed by atoms with Crippen LogP contribution < -0.4 is 5.73 Å². The van der Waals surface area contributed by atoms with Crippen molar-refractivity contribution in [2.24, 2.45) is 5.73 Å². The molecule has 0 bridgehead atoms.